The first-order valence-corrected chi connectivity index (χ1v) is 12.8. The SMILES string of the molecule is Cn1ccc(Oc2ccc(Nc3ncnc4cnc(C5CCCN(C(=O)OC(C)(C)C)C5)cc34)cc2Cl)n1. The number of fused-ring (bicyclic) bond motifs is 1. The predicted octanol–water partition coefficient (Wildman–Crippen LogP) is 6.06. The van der Waals surface area contributed by atoms with Crippen LogP contribution in [0.25, 0.3) is 10.9 Å². The van der Waals surface area contributed by atoms with Crippen molar-refractivity contribution in [3.63, 3.8) is 0 Å². The molecule has 1 aliphatic heterocycles. The molecular weight excluding hydrogens is 506 g/mol. The highest BCUT2D eigenvalue weighted by Gasteiger charge is 2.29. The van der Waals surface area contributed by atoms with Crippen molar-refractivity contribution >= 4 is 40.1 Å². The maximum Gasteiger partial charge on any atom is 0.410 e. The van der Waals surface area contributed by atoms with Crippen LogP contribution >= 0.6 is 11.6 Å². The van der Waals surface area contributed by atoms with Gasteiger partial charge in [-0.1, -0.05) is 11.6 Å². The molecule has 1 amide bonds. The van der Waals surface area contributed by atoms with Gasteiger partial charge in [0.1, 0.15) is 23.5 Å². The molecule has 1 aromatic carbocycles. The summed E-state index contributed by atoms with van der Waals surface area (Å²) < 4.78 is 13.0. The van der Waals surface area contributed by atoms with Gasteiger partial charge in [0.05, 0.1) is 16.7 Å². The van der Waals surface area contributed by atoms with E-state index in [0.29, 0.717) is 41.1 Å². The summed E-state index contributed by atoms with van der Waals surface area (Å²) in [6.45, 7) is 6.85. The van der Waals surface area contributed by atoms with Crippen LogP contribution in [-0.4, -0.2) is 54.4 Å². The van der Waals surface area contributed by atoms with E-state index < -0.39 is 5.60 Å². The van der Waals surface area contributed by atoms with Crippen molar-refractivity contribution in [3.8, 4) is 11.6 Å². The molecule has 10 nitrogen and oxygen atoms in total. The molecule has 1 saturated heterocycles. The van der Waals surface area contributed by atoms with Crippen LogP contribution in [0.1, 0.15) is 45.2 Å². The lowest BCUT2D eigenvalue weighted by molar-refractivity contribution is 0.0197. The minimum Gasteiger partial charge on any atom is -0.444 e. The van der Waals surface area contributed by atoms with E-state index in [-0.39, 0.29) is 12.0 Å². The fraction of sp³-hybridized carbons (Fsp3) is 0.370. The summed E-state index contributed by atoms with van der Waals surface area (Å²) in [7, 11) is 1.82. The van der Waals surface area contributed by atoms with Crippen molar-refractivity contribution in [2.45, 2.75) is 45.1 Å². The van der Waals surface area contributed by atoms with Crippen LogP contribution in [0.5, 0.6) is 11.6 Å². The number of piperidine rings is 1. The van der Waals surface area contributed by atoms with Crippen LogP contribution in [0.15, 0.2) is 49.1 Å². The van der Waals surface area contributed by atoms with Crippen molar-refractivity contribution in [1.82, 2.24) is 29.6 Å². The van der Waals surface area contributed by atoms with E-state index in [1.165, 1.54) is 6.33 Å². The molecule has 38 heavy (non-hydrogen) atoms. The van der Waals surface area contributed by atoms with Gasteiger partial charge in [-0.2, -0.15) is 0 Å². The second kappa shape index (κ2) is 10.4. The number of carbonyl (C=O) groups is 1. The maximum absolute atomic E-state index is 12.6. The number of hydrogen-bond donors (Lipinski definition) is 1. The number of carbonyl (C=O) groups excluding carboxylic acids is 1. The Morgan fingerprint density at radius 3 is 2.74 bits per heavy atom. The molecule has 0 radical (unpaired) electrons. The van der Waals surface area contributed by atoms with Gasteiger partial charge in [0.25, 0.3) is 0 Å². The van der Waals surface area contributed by atoms with Gasteiger partial charge in [-0.15, -0.1) is 5.10 Å². The first-order valence-electron chi connectivity index (χ1n) is 12.5. The van der Waals surface area contributed by atoms with E-state index in [2.05, 4.69) is 25.4 Å². The first-order chi connectivity index (χ1) is 18.1. The Morgan fingerprint density at radius 1 is 1.16 bits per heavy atom. The minimum absolute atomic E-state index is 0.0891. The second-order valence-corrected chi connectivity index (χ2v) is 10.7. The summed E-state index contributed by atoms with van der Waals surface area (Å²) in [6, 6.07) is 9.18. The number of benzene rings is 1. The summed E-state index contributed by atoms with van der Waals surface area (Å²) in [4.78, 5) is 27.9. The zero-order valence-electron chi connectivity index (χ0n) is 21.8. The summed E-state index contributed by atoms with van der Waals surface area (Å²) in [5.74, 6) is 1.69. The number of nitrogens with zero attached hydrogens (tertiary/aromatic N) is 6. The summed E-state index contributed by atoms with van der Waals surface area (Å²) in [5.41, 5.74) is 1.82. The number of nitrogens with one attached hydrogen (secondary N) is 1. The Kier molecular flexibility index (Phi) is 7.07. The number of pyridine rings is 1. The van der Waals surface area contributed by atoms with E-state index in [0.717, 1.165) is 29.6 Å². The number of aromatic nitrogens is 5. The molecule has 0 saturated carbocycles. The summed E-state index contributed by atoms with van der Waals surface area (Å²) in [6.07, 6.45) is 6.57. The van der Waals surface area contributed by atoms with Crippen LogP contribution in [-0.2, 0) is 11.8 Å². The highest BCUT2D eigenvalue weighted by Crippen LogP contribution is 2.34. The molecule has 5 rings (SSSR count). The van der Waals surface area contributed by atoms with Gasteiger partial charge in [-0.25, -0.2) is 14.8 Å². The topological polar surface area (TPSA) is 107 Å². The lowest BCUT2D eigenvalue weighted by Crippen LogP contribution is -2.42. The molecule has 0 bridgehead atoms. The van der Waals surface area contributed by atoms with Gasteiger partial charge in [0.15, 0.2) is 0 Å². The van der Waals surface area contributed by atoms with Crippen molar-refractivity contribution in [2.75, 3.05) is 18.4 Å². The lowest BCUT2D eigenvalue weighted by atomic mass is 9.94. The van der Waals surface area contributed by atoms with Crippen LogP contribution in [0.4, 0.5) is 16.3 Å². The fourth-order valence-electron chi connectivity index (χ4n) is 4.37. The van der Waals surface area contributed by atoms with Gasteiger partial charge in [-0.3, -0.25) is 9.67 Å². The Labute approximate surface area is 226 Å². The van der Waals surface area contributed by atoms with Crippen LogP contribution in [0, 0.1) is 0 Å². The Bertz CT molecular complexity index is 1470. The average Bonchev–Trinajstić information content (AvgIpc) is 3.29. The van der Waals surface area contributed by atoms with E-state index in [4.69, 9.17) is 21.1 Å². The molecule has 1 atom stereocenters. The lowest BCUT2D eigenvalue weighted by Gasteiger charge is -2.34. The molecule has 0 spiro atoms. The van der Waals surface area contributed by atoms with Crippen molar-refractivity contribution < 1.29 is 14.3 Å². The number of amides is 1. The molecule has 1 aliphatic rings. The highest BCUT2D eigenvalue weighted by molar-refractivity contribution is 6.32. The molecule has 0 aliphatic carbocycles. The highest BCUT2D eigenvalue weighted by atomic mass is 35.5. The minimum atomic E-state index is -0.533. The number of anilines is 2. The number of rotatable bonds is 5. The van der Waals surface area contributed by atoms with Crippen LogP contribution < -0.4 is 10.1 Å². The first kappa shape index (κ1) is 25.7. The molecule has 4 aromatic rings. The Hall–Kier alpha value is -3.92. The van der Waals surface area contributed by atoms with Crippen LogP contribution in [0.2, 0.25) is 5.02 Å². The summed E-state index contributed by atoms with van der Waals surface area (Å²) >= 11 is 6.49. The average molecular weight is 536 g/mol. The smallest absolute Gasteiger partial charge is 0.410 e. The zero-order chi connectivity index (χ0) is 26.9. The van der Waals surface area contributed by atoms with E-state index in [1.807, 2.05) is 40.0 Å². The largest absolute Gasteiger partial charge is 0.444 e. The van der Waals surface area contributed by atoms with Crippen LogP contribution in [0.3, 0.4) is 0 Å². The third-order valence-electron chi connectivity index (χ3n) is 6.13. The molecule has 3 aromatic heterocycles. The second-order valence-electron chi connectivity index (χ2n) is 10.3. The fourth-order valence-corrected chi connectivity index (χ4v) is 4.59. The standard InChI is InChI=1S/C27H30ClN7O3/c1-27(2,3)38-26(36)35-10-5-6-17(15-35)21-13-19-22(14-29-21)30-16-31-25(19)32-18-7-8-23(20(28)12-18)37-24-9-11-34(4)33-24/h7-9,11-14,16-17H,5-6,10,15H2,1-4H3,(H,30,31,32). The number of aryl methyl sites for hydroxylation is 1. The zero-order valence-corrected chi connectivity index (χ0v) is 22.6. The maximum atomic E-state index is 12.6. The van der Waals surface area contributed by atoms with E-state index in [1.54, 1.807) is 40.2 Å². The van der Waals surface area contributed by atoms with Crippen molar-refractivity contribution in [3.05, 3.63) is 59.8 Å². The molecule has 198 valence electrons. The van der Waals surface area contributed by atoms with E-state index in [9.17, 15) is 4.79 Å². The van der Waals surface area contributed by atoms with Crippen molar-refractivity contribution in [2.24, 2.45) is 7.05 Å². The molecule has 11 heteroatoms. The van der Waals surface area contributed by atoms with Gasteiger partial charge >= 0.3 is 6.09 Å². The number of ether oxygens (including phenoxy) is 2. The third kappa shape index (κ3) is 5.96. The number of likely N-dealkylation sites (tertiary alicyclic amines) is 1. The summed E-state index contributed by atoms with van der Waals surface area (Å²) in [5, 5.41) is 8.83. The number of hydrogen-bond acceptors (Lipinski definition) is 8. The molecule has 1 unspecified atom stereocenters. The third-order valence-corrected chi connectivity index (χ3v) is 6.43. The van der Waals surface area contributed by atoms with E-state index >= 15 is 0 Å². The number of halogens is 1. The van der Waals surface area contributed by atoms with Crippen molar-refractivity contribution in [1.29, 1.82) is 0 Å². The van der Waals surface area contributed by atoms with Gasteiger partial charge < -0.3 is 19.7 Å². The Morgan fingerprint density at radius 2 is 2.00 bits per heavy atom. The normalized spacial score (nSPS) is 15.9. The molecule has 4 heterocycles. The van der Waals surface area contributed by atoms with Gasteiger partial charge in [0.2, 0.25) is 5.88 Å². The van der Waals surface area contributed by atoms with Gasteiger partial charge in [0, 0.05) is 55.1 Å². The predicted molar refractivity (Wildman–Crippen MR) is 145 cm³/mol. The molecular formula is C27H30ClN7O3. The quantitative estimate of drug-likeness (QED) is 0.328. The monoisotopic (exact) mass is 535 g/mol. The molecule has 1 fully saturated rings. The van der Waals surface area contributed by atoms with Gasteiger partial charge in [-0.05, 0) is 57.9 Å². The molecule has 1 N–H and O–H groups in total. The Balaban J connectivity index is 1.35.